The van der Waals surface area contributed by atoms with Gasteiger partial charge in [0, 0.05) is 0 Å². The van der Waals surface area contributed by atoms with Gasteiger partial charge in [-0.05, 0) is 48.5 Å². The van der Waals surface area contributed by atoms with Crippen LogP contribution in [0.5, 0.6) is 5.75 Å². The molecule has 0 spiro atoms. The van der Waals surface area contributed by atoms with Gasteiger partial charge in [0.15, 0.2) is 12.1 Å². The molecular weight excluding hydrogens is 377 g/mol. The van der Waals surface area contributed by atoms with Gasteiger partial charge in [0.1, 0.15) is 5.75 Å². The first-order valence-corrected chi connectivity index (χ1v) is 8.20. The van der Waals surface area contributed by atoms with Gasteiger partial charge in [-0.3, -0.25) is 9.59 Å². The van der Waals surface area contributed by atoms with Gasteiger partial charge >= 0.3 is 6.18 Å². The third-order valence-corrected chi connectivity index (χ3v) is 4.57. The molecule has 0 aliphatic carbocycles. The van der Waals surface area contributed by atoms with E-state index in [1.807, 2.05) is 0 Å². The number of benzene rings is 2. The first-order chi connectivity index (χ1) is 13.3. The average molecular weight is 390 g/mol. The maximum Gasteiger partial charge on any atom is 0.416 e. The van der Waals surface area contributed by atoms with E-state index >= 15 is 0 Å². The minimum atomic E-state index is -4.47. The molecule has 7 nitrogen and oxygen atoms in total. The number of imide groups is 1. The van der Waals surface area contributed by atoms with Crippen LogP contribution < -0.4 is 14.6 Å². The first kappa shape index (κ1) is 18.0. The molecule has 144 valence electrons. The van der Waals surface area contributed by atoms with Gasteiger partial charge in [-0.25, -0.2) is 9.91 Å². The number of carbonyl (C=O) groups excluding carboxylic acids is 2. The Bertz CT molecular complexity index is 958. The van der Waals surface area contributed by atoms with Crippen LogP contribution in [0.3, 0.4) is 0 Å². The Morgan fingerprint density at radius 2 is 1.54 bits per heavy atom. The van der Waals surface area contributed by atoms with Crippen molar-refractivity contribution in [3.05, 3.63) is 54.1 Å². The molecule has 0 bridgehead atoms. The van der Waals surface area contributed by atoms with Gasteiger partial charge in [0.2, 0.25) is 0 Å². The molecule has 2 aliphatic heterocycles. The summed E-state index contributed by atoms with van der Waals surface area (Å²) in [6, 6.07) is 8.43. The molecule has 0 radical (unpaired) electrons. The standard InChI is InChI=1S/C18H13F3N4O3/c1-28-13-8-6-11(7-9-13)24-16(26)14-15(17(24)27)25(23-22-14)12-4-2-10(3-5-12)18(19,20)21/h2-9,14-15H,1H3/t14-,15+/m0/s1. The molecular formula is C18H13F3N4O3. The molecule has 0 aromatic heterocycles. The number of ether oxygens (including phenoxy) is 1. The van der Waals surface area contributed by atoms with Gasteiger partial charge in [-0.2, -0.15) is 18.3 Å². The van der Waals surface area contributed by atoms with Crippen LogP contribution in [0.15, 0.2) is 58.9 Å². The first-order valence-electron chi connectivity index (χ1n) is 8.20. The van der Waals surface area contributed by atoms with Gasteiger partial charge in [0.25, 0.3) is 11.8 Å². The van der Waals surface area contributed by atoms with Crippen LogP contribution >= 0.6 is 0 Å². The normalized spacial score (nSPS) is 21.4. The summed E-state index contributed by atoms with van der Waals surface area (Å²) in [5.41, 5.74) is -0.229. The summed E-state index contributed by atoms with van der Waals surface area (Å²) < 4.78 is 43.3. The lowest BCUT2D eigenvalue weighted by molar-refractivity contribution is -0.137. The van der Waals surface area contributed by atoms with E-state index in [9.17, 15) is 22.8 Å². The minimum Gasteiger partial charge on any atom is -0.497 e. The molecule has 0 saturated carbocycles. The number of amides is 2. The minimum absolute atomic E-state index is 0.238. The largest absolute Gasteiger partial charge is 0.497 e. The fourth-order valence-corrected chi connectivity index (χ4v) is 3.16. The highest BCUT2D eigenvalue weighted by atomic mass is 19.4. The van der Waals surface area contributed by atoms with E-state index in [0.717, 1.165) is 17.0 Å². The van der Waals surface area contributed by atoms with E-state index in [2.05, 4.69) is 10.3 Å². The van der Waals surface area contributed by atoms with E-state index in [-0.39, 0.29) is 5.69 Å². The molecule has 1 fully saturated rings. The third-order valence-electron chi connectivity index (χ3n) is 4.57. The molecule has 2 heterocycles. The van der Waals surface area contributed by atoms with Crippen molar-refractivity contribution in [2.24, 2.45) is 10.3 Å². The number of anilines is 2. The van der Waals surface area contributed by atoms with Crippen LogP contribution in [0, 0.1) is 0 Å². The Morgan fingerprint density at radius 1 is 0.929 bits per heavy atom. The van der Waals surface area contributed by atoms with Crippen LogP contribution in [0.2, 0.25) is 0 Å². The van der Waals surface area contributed by atoms with Crippen molar-refractivity contribution < 1.29 is 27.5 Å². The highest BCUT2D eigenvalue weighted by Gasteiger charge is 2.55. The number of carbonyl (C=O) groups is 2. The lowest BCUT2D eigenvalue weighted by Crippen LogP contribution is -2.39. The summed E-state index contributed by atoms with van der Waals surface area (Å²) in [5.74, 6) is -0.530. The summed E-state index contributed by atoms with van der Waals surface area (Å²) in [6.45, 7) is 0. The lowest BCUT2D eigenvalue weighted by atomic mass is 10.1. The predicted octanol–water partition coefficient (Wildman–Crippen LogP) is 3.21. The topological polar surface area (TPSA) is 74.6 Å². The molecule has 10 heteroatoms. The predicted molar refractivity (Wildman–Crippen MR) is 91.8 cm³/mol. The van der Waals surface area contributed by atoms with Crippen LogP contribution in [0.25, 0.3) is 0 Å². The second-order valence-corrected chi connectivity index (χ2v) is 6.19. The van der Waals surface area contributed by atoms with E-state index in [4.69, 9.17) is 4.74 Å². The molecule has 2 aliphatic rings. The van der Waals surface area contributed by atoms with Crippen molar-refractivity contribution in [2.45, 2.75) is 18.3 Å². The smallest absolute Gasteiger partial charge is 0.416 e. The van der Waals surface area contributed by atoms with Crippen molar-refractivity contribution in [1.82, 2.24) is 0 Å². The summed E-state index contributed by atoms with van der Waals surface area (Å²) in [5, 5.41) is 8.86. The maximum atomic E-state index is 12.9. The third kappa shape index (κ3) is 2.77. The van der Waals surface area contributed by atoms with E-state index in [1.165, 1.54) is 24.3 Å². The number of hydrogen-bond donors (Lipinski definition) is 0. The van der Waals surface area contributed by atoms with Gasteiger partial charge < -0.3 is 4.74 Å². The highest BCUT2D eigenvalue weighted by molar-refractivity contribution is 6.26. The van der Waals surface area contributed by atoms with Gasteiger partial charge in [-0.15, -0.1) is 0 Å². The van der Waals surface area contributed by atoms with Crippen LogP contribution in [-0.2, 0) is 15.8 Å². The molecule has 2 aromatic carbocycles. The second kappa shape index (κ2) is 6.32. The number of fused-ring (bicyclic) bond motifs is 1. The van der Waals surface area contributed by atoms with Crippen molar-refractivity contribution in [2.75, 3.05) is 17.0 Å². The molecule has 4 rings (SSSR count). The molecule has 2 atom stereocenters. The zero-order chi connectivity index (χ0) is 20.1. The fraction of sp³-hybridized carbons (Fsp3) is 0.222. The van der Waals surface area contributed by atoms with Gasteiger partial charge in [0.05, 0.1) is 24.0 Å². The summed E-state index contributed by atoms with van der Waals surface area (Å²) in [4.78, 5) is 26.6. The van der Waals surface area contributed by atoms with E-state index in [0.29, 0.717) is 11.4 Å². The Labute approximate surface area is 157 Å². The Kier molecular flexibility index (Phi) is 4.06. The number of halogens is 3. The molecule has 28 heavy (non-hydrogen) atoms. The summed E-state index contributed by atoms with van der Waals surface area (Å²) in [6.07, 6.45) is -4.47. The monoisotopic (exact) mass is 390 g/mol. The molecule has 1 saturated heterocycles. The number of rotatable bonds is 3. The van der Waals surface area contributed by atoms with Gasteiger partial charge in [-0.1, -0.05) is 5.22 Å². The molecule has 0 N–H and O–H groups in total. The number of methoxy groups -OCH3 is 1. The second-order valence-electron chi connectivity index (χ2n) is 6.19. The number of alkyl halides is 3. The average Bonchev–Trinajstić information content (AvgIpc) is 3.22. The zero-order valence-electron chi connectivity index (χ0n) is 14.4. The quantitative estimate of drug-likeness (QED) is 0.755. The number of hydrogen-bond acceptors (Lipinski definition) is 6. The SMILES string of the molecule is COc1ccc(N2C(=O)[C@H]3N=NN(c4ccc(C(F)(F)F)cc4)[C@H]3C2=O)cc1. The van der Waals surface area contributed by atoms with Crippen molar-refractivity contribution in [3.8, 4) is 5.75 Å². The fourth-order valence-electron chi connectivity index (χ4n) is 3.16. The van der Waals surface area contributed by atoms with E-state index in [1.54, 1.807) is 24.3 Å². The summed E-state index contributed by atoms with van der Waals surface area (Å²) in [7, 11) is 1.49. The Balaban J connectivity index is 1.62. The summed E-state index contributed by atoms with van der Waals surface area (Å²) >= 11 is 0. The lowest BCUT2D eigenvalue weighted by Gasteiger charge is -2.21. The van der Waals surface area contributed by atoms with Crippen molar-refractivity contribution in [1.29, 1.82) is 0 Å². The van der Waals surface area contributed by atoms with E-state index < -0.39 is 35.6 Å². The van der Waals surface area contributed by atoms with Crippen LogP contribution in [0.1, 0.15) is 5.56 Å². The van der Waals surface area contributed by atoms with Crippen molar-refractivity contribution >= 4 is 23.2 Å². The van der Waals surface area contributed by atoms with Crippen molar-refractivity contribution in [3.63, 3.8) is 0 Å². The highest BCUT2D eigenvalue weighted by Crippen LogP contribution is 2.36. The van der Waals surface area contributed by atoms with Crippen LogP contribution in [0.4, 0.5) is 24.5 Å². The molecule has 2 aromatic rings. The molecule has 2 amide bonds. The Hall–Kier alpha value is -3.43. The Morgan fingerprint density at radius 3 is 2.11 bits per heavy atom. The maximum absolute atomic E-state index is 12.9. The number of nitrogens with zero attached hydrogens (tertiary/aromatic N) is 4. The zero-order valence-corrected chi connectivity index (χ0v) is 14.4. The van der Waals surface area contributed by atoms with Crippen LogP contribution in [-0.4, -0.2) is 31.0 Å². The molecule has 0 unspecified atom stereocenters.